The van der Waals surface area contributed by atoms with Crippen LogP contribution in [0.3, 0.4) is 0 Å². The van der Waals surface area contributed by atoms with Crippen LogP contribution in [0, 0.1) is 0 Å². The molecule has 0 heterocycles. The summed E-state index contributed by atoms with van der Waals surface area (Å²) in [6.45, 7) is 4.45. The van der Waals surface area contributed by atoms with Gasteiger partial charge in [0.1, 0.15) is 0 Å². The van der Waals surface area contributed by atoms with Gasteiger partial charge < -0.3 is 13.9 Å². The second kappa shape index (κ2) is 8.19. The van der Waals surface area contributed by atoms with Crippen LogP contribution in [0.15, 0.2) is 30.8 Å². The van der Waals surface area contributed by atoms with Crippen molar-refractivity contribution >= 4 is 15.8 Å². The fourth-order valence-electron chi connectivity index (χ4n) is 1.42. The first kappa shape index (κ1) is 14.1. The molecule has 0 bridgehead atoms. The highest BCUT2D eigenvalue weighted by atomic mass is 28.2. The van der Waals surface area contributed by atoms with Crippen molar-refractivity contribution in [3.8, 4) is 0 Å². The Labute approximate surface area is 105 Å². The Morgan fingerprint density at radius 2 is 1.88 bits per heavy atom. The minimum Gasteiger partial charge on any atom is -0.418 e. The third-order valence-electron chi connectivity index (χ3n) is 2.53. The van der Waals surface area contributed by atoms with Gasteiger partial charge in [-0.2, -0.15) is 0 Å². The van der Waals surface area contributed by atoms with E-state index in [2.05, 4.69) is 30.8 Å². The molecule has 1 aromatic rings. The van der Waals surface area contributed by atoms with Crippen LogP contribution in [-0.2, 0) is 20.3 Å². The van der Waals surface area contributed by atoms with Crippen LogP contribution in [0.2, 0.25) is 0 Å². The zero-order chi connectivity index (χ0) is 12.5. The molecule has 0 aliphatic heterocycles. The lowest BCUT2D eigenvalue weighted by Gasteiger charge is -2.12. The quantitative estimate of drug-likeness (QED) is 0.399. The Balaban J connectivity index is 2.23. The summed E-state index contributed by atoms with van der Waals surface area (Å²) in [6, 6.07) is 8.33. The lowest BCUT2D eigenvalue weighted by atomic mass is 10.1. The summed E-state index contributed by atoms with van der Waals surface area (Å²) in [5.74, 6) is -0.141. The van der Waals surface area contributed by atoms with E-state index in [1.165, 1.54) is 5.56 Å². The number of benzene rings is 1. The first-order valence-electron chi connectivity index (χ1n) is 5.65. The maximum absolute atomic E-state index is 5.61. The summed E-state index contributed by atoms with van der Waals surface area (Å²) < 4.78 is 15.8. The van der Waals surface area contributed by atoms with Crippen LogP contribution >= 0.6 is 0 Å². The molecule has 1 aromatic carbocycles. The minimum absolute atomic E-state index is 0.141. The van der Waals surface area contributed by atoms with E-state index in [0.29, 0.717) is 0 Å². The van der Waals surface area contributed by atoms with Crippen molar-refractivity contribution in [2.45, 2.75) is 12.3 Å². The monoisotopic (exact) mass is 252 g/mol. The standard InChI is InChI=1S/C13H20O3Si/c1-4-11-5-7-12(8-6-11)9-10-16-17-13(14-2)15-3/h4-8,13H,1,9-10,17H2,2-3H3. The first-order chi connectivity index (χ1) is 8.30. The molecule has 0 saturated heterocycles. The summed E-state index contributed by atoms with van der Waals surface area (Å²) in [7, 11) is 2.51. The van der Waals surface area contributed by atoms with Gasteiger partial charge in [0.2, 0.25) is 9.76 Å². The highest BCUT2D eigenvalue weighted by Crippen LogP contribution is 2.06. The van der Waals surface area contributed by atoms with Gasteiger partial charge in [-0.05, 0) is 17.5 Å². The third-order valence-corrected chi connectivity index (χ3v) is 3.99. The molecule has 0 aliphatic carbocycles. The van der Waals surface area contributed by atoms with Gasteiger partial charge in [-0.3, -0.25) is 0 Å². The Kier molecular flexibility index (Phi) is 6.80. The number of hydrogen-bond donors (Lipinski definition) is 0. The second-order valence-electron chi connectivity index (χ2n) is 3.67. The Morgan fingerprint density at radius 3 is 2.41 bits per heavy atom. The van der Waals surface area contributed by atoms with Gasteiger partial charge in [0.25, 0.3) is 0 Å². The van der Waals surface area contributed by atoms with E-state index in [1.807, 2.05) is 6.08 Å². The van der Waals surface area contributed by atoms with E-state index in [4.69, 9.17) is 13.9 Å². The van der Waals surface area contributed by atoms with Crippen molar-refractivity contribution in [2.24, 2.45) is 0 Å². The average molecular weight is 252 g/mol. The molecule has 0 unspecified atom stereocenters. The molecule has 0 N–H and O–H groups in total. The van der Waals surface area contributed by atoms with Crippen molar-refractivity contribution in [2.75, 3.05) is 20.8 Å². The molecule has 0 atom stereocenters. The van der Waals surface area contributed by atoms with Crippen molar-refractivity contribution in [1.82, 2.24) is 0 Å². The van der Waals surface area contributed by atoms with Crippen molar-refractivity contribution in [3.63, 3.8) is 0 Å². The lowest BCUT2D eigenvalue weighted by Crippen LogP contribution is -2.24. The van der Waals surface area contributed by atoms with E-state index in [0.717, 1.165) is 18.6 Å². The van der Waals surface area contributed by atoms with Crippen LogP contribution in [0.5, 0.6) is 0 Å². The highest BCUT2D eigenvalue weighted by Gasteiger charge is 2.05. The summed E-state index contributed by atoms with van der Waals surface area (Å²) in [5.41, 5.74) is 2.42. The van der Waals surface area contributed by atoms with Gasteiger partial charge >= 0.3 is 0 Å². The van der Waals surface area contributed by atoms with Crippen LogP contribution in [0.4, 0.5) is 0 Å². The van der Waals surface area contributed by atoms with E-state index in [-0.39, 0.29) is 5.91 Å². The van der Waals surface area contributed by atoms with Crippen LogP contribution in [-0.4, -0.2) is 36.5 Å². The number of ether oxygens (including phenoxy) is 2. The molecule has 0 radical (unpaired) electrons. The van der Waals surface area contributed by atoms with E-state index >= 15 is 0 Å². The largest absolute Gasteiger partial charge is 0.418 e. The first-order valence-corrected chi connectivity index (χ1v) is 7.04. The Bertz CT molecular complexity index is 320. The highest BCUT2D eigenvalue weighted by molar-refractivity contribution is 6.28. The summed E-state index contributed by atoms with van der Waals surface area (Å²) in [5, 5.41) is 0. The molecular formula is C13H20O3Si. The van der Waals surface area contributed by atoms with Crippen molar-refractivity contribution < 1.29 is 13.9 Å². The van der Waals surface area contributed by atoms with Gasteiger partial charge in [-0.25, -0.2) is 0 Å². The molecule has 4 heteroatoms. The maximum Gasteiger partial charge on any atom is 0.223 e. The van der Waals surface area contributed by atoms with E-state index in [1.54, 1.807) is 14.2 Å². The fourth-order valence-corrected chi connectivity index (χ4v) is 2.20. The zero-order valence-corrected chi connectivity index (χ0v) is 11.9. The van der Waals surface area contributed by atoms with E-state index < -0.39 is 9.76 Å². The van der Waals surface area contributed by atoms with Crippen LogP contribution in [0.1, 0.15) is 11.1 Å². The van der Waals surface area contributed by atoms with Gasteiger partial charge in [-0.1, -0.05) is 36.9 Å². The molecule has 0 fully saturated rings. The smallest absolute Gasteiger partial charge is 0.223 e. The third kappa shape index (κ3) is 5.28. The molecule has 0 aliphatic rings. The minimum atomic E-state index is -0.763. The number of hydrogen-bond acceptors (Lipinski definition) is 3. The fraction of sp³-hybridized carbons (Fsp3) is 0.385. The van der Waals surface area contributed by atoms with Crippen molar-refractivity contribution in [3.05, 3.63) is 42.0 Å². The van der Waals surface area contributed by atoms with Crippen LogP contribution in [0.25, 0.3) is 6.08 Å². The SMILES string of the molecule is C=Cc1ccc(CCO[SiH2]C(OC)OC)cc1. The van der Waals surface area contributed by atoms with Gasteiger partial charge in [0, 0.05) is 20.8 Å². The topological polar surface area (TPSA) is 27.7 Å². The lowest BCUT2D eigenvalue weighted by molar-refractivity contribution is -0.0526. The molecule has 0 spiro atoms. The number of rotatable bonds is 8. The predicted octanol–water partition coefficient (Wildman–Crippen LogP) is 1.55. The molecule has 17 heavy (non-hydrogen) atoms. The van der Waals surface area contributed by atoms with Gasteiger partial charge in [-0.15, -0.1) is 0 Å². The Hall–Kier alpha value is -0.943. The number of methoxy groups -OCH3 is 2. The molecule has 0 aromatic heterocycles. The molecule has 94 valence electrons. The summed E-state index contributed by atoms with van der Waals surface area (Å²) >= 11 is 0. The predicted molar refractivity (Wildman–Crippen MR) is 72.5 cm³/mol. The molecule has 1 rings (SSSR count). The van der Waals surface area contributed by atoms with E-state index in [9.17, 15) is 0 Å². The van der Waals surface area contributed by atoms with Crippen molar-refractivity contribution in [1.29, 1.82) is 0 Å². The molecule has 0 amide bonds. The maximum atomic E-state index is 5.61. The normalized spacial score (nSPS) is 11.5. The van der Waals surface area contributed by atoms with Crippen LogP contribution < -0.4 is 0 Å². The molecule has 0 saturated carbocycles. The molecular weight excluding hydrogens is 232 g/mol. The summed E-state index contributed by atoms with van der Waals surface area (Å²) in [6.07, 6.45) is 2.76. The van der Waals surface area contributed by atoms with Gasteiger partial charge in [0.05, 0.1) is 0 Å². The average Bonchev–Trinajstić information content (AvgIpc) is 2.40. The Morgan fingerprint density at radius 1 is 1.24 bits per heavy atom. The summed E-state index contributed by atoms with van der Waals surface area (Å²) in [4.78, 5) is 0. The van der Waals surface area contributed by atoms with Gasteiger partial charge in [0.15, 0.2) is 5.91 Å². The second-order valence-corrected chi connectivity index (χ2v) is 5.08. The zero-order valence-electron chi connectivity index (χ0n) is 10.5. The molecule has 3 nitrogen and oxygen atoms in total.